The van der Waals surface area contributed by atoms with Crippen LogP contribution in [0.4, 0.5) is 5.69 Å². The molecule has 1 aromatic heterocycles. The number of ketones is 1. The summed E-state index contributed by atoms with van der Waals surface area (Å²) in [4.78, 5) is 14.0. The predicted octanol–water partition coefficient (Wildman–Crippen LogP) is 3.63. The minimum Gasteiger partial charge on any atom is -0.399 e. The summed E-state index contributed by atoms with van der Waals surface area (Å²) in [6.07, 6.45) is 0. The molecule has 0 atom stereocenters. The number of hydrogen-bond acceptors (Lipinski definition) is 3. The molecule has 0 aliphatic carbocycles. The standard InChI is InChI=1S/C12H10BrNOS/c1-7-5-10(13)12(16-7)11(15)8-3-2-4-9(14)6-8/h2-6H,14H2,1H3. The van der Waals surface area contributed by atoms with E-state index in [0.29, 0.717) is 11.3 Å². The molecule has 0 radical (unpaired) electrons. The van der Waals surface area contributed by atoms with Crippen molar-refractivity contribution < 1.29 is 4.79 Å². The Labute approximate surface area is 106 Å². The molecule has 2 rings (SSSR count). The molecule has 2 aromatic rings. The molecule has 0 aliphatic rings. The number of anilines is 1. The van der Waals surface area contributed by atoms with Gasteiger partial charge in [0.05, 0.1) is 4.88 Å². The van der Waals surface area contributed by atoms with Crippen molar-refractivity contribution in [3.05, 3.63) is 50.1 Å². The summed E-state index contributed by atoms with van der Waals surface area (Å²) < 4.78 is 0.849. The quantitative estimate of drug-likeness (QED) is 0.679. The number of benzene rings is 1. The molecule has 1 aromatic carbocycles. The Morgan fingerprint density at radius 1 is 1.38 bits per heavy atom. The van der Waals surface area contributed by atoms with Crippen LogP contribution in [0, 0.1) is 6.92 Å². The first-order valence-electron chi connectivity index (χ1n) is 4.74. The smallest absolute Gasteiger partial charge is 0.204 e. The number of nitrogens with two attached hydrogens (primary N) is 1. The van der Waals surface area contributed by atoms with E-state index in [1.807, 2.05) is 13.0 Å². The summed E-state index contributed by atoms with van der Waals surface area (Å²) in [5.41, 5.74) is 6.89. The van der Waals surface area contributed by atoms with Crippen molar-refractivity contribution in [2.45, 2.75) is 6.92 Å². The third-order valence-corrected chi connectivity index (χ3v) is 4.10. The summed E-state index contributed by atoms with van der Waals surface area (Å²) in [5.74, 6) is 0.0114. The molecule has 0 fully saturated rings. The topological polar surface area (TPSA) is 43.1 Å². The second kappa shape index (κ2) is 4.39. The van der Waals surface area contributed by atoms with Gasteiger partial charge in [0, 0.05) is 20.6 Å². The van der Waals surface area contributed by atoms with Gasteiger partial charge in [0.1, 0.15) is 0 Å². The lowest BCUT2D eigenvalue weighted by molar-refractivity contribution is 0.104. The van der Waals surface area contributed by atoms with Crippen molar-refractivity contribution in [3.63, 3.8) is 0 Å². The van der Waals surface area contributed by atoms with E-state index in [0.717, 1.165) is 14.2 Å². The maximum atomic E-state index is 12.2. The van der Waals surface area contributed by atoms with E-state index in [-0.39, 0.29) is 5.78 Å². The molecule has 0 unspecified atom stereocenters. The van der Waals surface area contributed by atoms with E-state index < -0.39 is 0 Å². The number of nitrogen functional groups attached to an aromatic ring is 1. The fraction of sp³-hybridized carbons (Fsp3) is 0.0833. The summed E-state index contributed by atoms with van der Waals surface area (Å²) in [5, 5.41) is 0. The molecule has 2 N–H and O–H groups in total. The Kier molecular flexibility index (Phi) is 3.12. The SMILES string of the molecule is Cc1cc(Br)c(C(=O)c2cccc(N)c2)s1. The van der Waals surface area contributed by atoms with Crippen molar-refractivity contribution in [2.75, 3.05) is 5.73 Å². The Hall–Kier alpha value is -1.13. The van der Waals surface area contributed by atoms with E-state index in [2.05, 4.69) is 15.9 Å². The van der Waals surface area contributed by atoms with Crippen LogP contribution in [-0.2, 0) is 0 Å². The molecule has 82 valence electrons. The zero-order valence-electron chi connectivity index (χ0n) is 8.66. The van der Waals surface area contributed by atoms with Crippen LogP contribution in [0.25, 0.3) is 0 Å². The van der Waals surface area contributed by atoms with Gasteiger partial charge in [0.2, 0.25) is 5.78 Å². The second-order valence-electron chi connectivity index (χ2n) is 3.49. The van der Waals surface area contributed by atoms with Crippen molar-refractivity contribution in [2.24, 2.45) is 0 Å². The first-order chi connectivity index (χ1) is 7.58. The molecular formula is C12H10BrNOS. The van der Waals surface area contributed by atoms with Crippen LogP contribution in [0.5, 0.6) is 0 Å². The highest BCUT2D eigenvalue weighted by Gasteiger charge is 2.15. The zero-order chi connectivity index (χ0) is 11.7. The number of carbonyl (C=O) groups is 1. The maximum absolute atomic E-state index is 12.2. The largest absolute Gasteiger partial charge is 0.399 e. The van der Waals surface area contributed by atoms with Crippen LogP contribution >= 0.6 is 27.3 Å². The summed E-state index contributed by atoms with van der Waals surface area (Å²) in [6.45, 7) is 1.98. The molecule has 0 amide bonds. The van der Waals surface area contributed by atoms with Crippen LogP contribution in [0.15, 0.2) is 34.8 Å². The summed E-state index contributed by atoms with van der Waals surface area (Å²) >= 11 is 4.88. The van der Waals surface area contributed by atoms with Crippen LogP contribution in [0.3, 0.4) is 0 Å². The van der Waals surface area contributed by atoms with Gasteiger partial charge in [-0.3, -0.25) is 4.79 Å². The highest BCUT2D eigenvalue weighted by atomic mass is 79.9. The maximum Gasteiger partial charge on any atom is 0.204 e. The number of hydrogen-bond donors (Lipinski definition) is 1. The minimum atomic E-state index is 0.0114. The molecule has 0 saturated heterocycles. The van der Waals surface area contributed by atoms with Gasteiger partial charge < -0.3 is 5.73 Å². The van der Waals surface area contributed by atoms with Gasteiger partial charge in [-0.2, -0.15) is 0 Å². The van der Waals surface area contributed by atoms with Crippen molar-refractivity contribution >= 4 is 38.7 Å². The van der Waals surface area contributed by atoms with Crippen LogP contribution in [0.2, 0.25) is 0 Å². The molecule has 0 aliphatic heterocycles. The molecular weight excluding hydrogens is 286 g/mol. The molecule has 1 heterocycles. The fourth-order valence-electron chi connectivity index (χ4n) is 1.45. The van der Waals surface area contributed by atoms with Gasteiger partial charge in [0.15, 0.2) is 0 Å². The third-order valence-electron chi connectivity index (χ3n) is 2.16. The Bertz CT molecular complexity index is 548. The van der Waals surface area contributed by atoms with E-state index in [1.165, 1.54) is 11.3 Å². The normalized spacial score (nSPS) is 10.4. The van der Waals surface area contributed by atoms with E-state index in [1.54, 1.807) is 24.3 Å². The van der Waals surface area contributed by atoms with Crippen LogP contribution in [-0.4, -0.2) is 5.78 Å². The lowest BCUT2D eigenvalue weighted by Crippen LogP contribution is -2.00. The van der Waals surface area contributed by atoms with E-state index >= 15 is 0 Å². The van der Waals surface area contributed by atoms with Crippen LogP contribution < -0.4 is 5.73 Å². The lowest BCUT2D eigenvalue weighted by Gasteiger charge is -2.00. The van der Waals surface area contributed by atoms with E-state index in [9.17, 15) is 4.79 Å². The number of rotatable bonds is 2. The van der Waals surface area contributed by atoms with Gasteiger partial charge in [-0.1, -0.05) is 12.1 Å². The van der Waals surface area contributed by atoms with Gasteiger partial charge in [-0.15, -0.1) is 11.3 Å². The molecule has 2 nitrogen and oxygen atoms in total. The number of carbonyl (C=O) groups excluding carboxylic acids is 1. The highest BCUT2D eigenvalue weighted by Crippen LogP contribution is 2.29. The van der Waals surface area contributed by atoms with Crippen molar-refractivity contribution in [1.82, 2.24) is 0 Å². The first kappa shape index (κ1) is 11.4. The average Bonchev–Trinajstić information content (AvgIpc) is 2.57. The first-order valence-corrected chi connectivity index (χ1v) is 6.35. The zero-order valence-corrected chi connectivity index (χ0v) is 11.1. The third kappa shape index (κ3) is 2.18. The minimum absolute atomic E-state index is 0.0114. The van der Waals surface area contributed by atoms with Gasteiger partial charge in [-0.25, -0.2) is 0 Å². The summed E-state index contributed by atoms with van der Waals surface area (Å²) in [6, 6.07) is 8.98. The Balaban J connectivity index is 2.43. The van der Waals surface area contributed by atoms with Crippen molar-refractivity contribution in [3.8, 4) is 0 Å². The van der Waals surface area contributed by atoms with Gasteiger partial charge >= 0.3 is 0 Å². The monoisotopic (exact) mass is 295 g/mol. The van der Waals surface area contributed by atoms with Crippen LogP contribution in [0.1, 0.15) is 20.1 Å². The predicted molar refractivity (Wildman–Crippen MR) is 71.0 cm³/mol. The average molecular weight is 296 g/mol. The number of halogens is 1. The number of thiophene rings is 1. The Morgan fingerprint density at radius 3 is 2.69 bits per heavy atom. The van der Waals surface area contributed by atoms with Gasteiger partial charge in [-0.05, 0) is 41.1 Å². The van der Waals surface area contributed by atoms with Gasteiger partial charge in [0.25, 0.3) is 0 Å². The Morgan fingerprint density at radius 2 is 2.12 bits per heavy atom. The molecule has 16 heavy (non-hydrogen) atoms. The molecule has 0 saturated carbocycles. The fourth-order valence-corrected chi connectivity index (χ4v) is 3.23. The summed E-state index contributed by atoms with van der Waals surface area (Å²) in [7, 11) is 0. The molecule has 0 spiro atoms. The van der Waals surface area contributed by atoms with E-state index in [4.69, 9.17) is 5.73 Å². The lowest BCUT2D eigenvalue weighted by atomic mass is 10.1. The molecule has 4 heteroatoms. The van der Waals surface area contributed by atoms with Crippen molar-refractivity contribution in [1.29, 1.82) is 0 Å². The second-order valence-corrected chi connectivity index (χ2v) is 5.60. The molecule has 0 bridgehead atoms. The highest BCUT2D eigenvalue weighted by molar-refractivity contribution is 9.10. The number of aryl methyl sites for hydroxylation is 1.